The fraction of sp³-hybridized carbons (Fsp3) is 0.611. The van der Waals surface area contributed by atoms with E-state index in [-0.39, 0.29) is 42.7 Å². The zero-order valence-corrected chi connectivity index (χ0v) is 27.6. The summed E-state index contributed by atoms with van der Waals surface area (Å²) in [5.74, 6) is -3.58. The van der Waals surface area contributed by atoms with E-state index in [1.165, 1.54) is 4.90 Å². The van der Waals surface area contributed by atoms with Crippen molar-refractivity contribution in [2.75, 3.05) is 13.2 Å². The molecule has 10 heteroatoms. The van der Waals surface area contributed by atoms with Gasteiger partial charge in [0.1, 0.15) is 23.7 Å². The molecule has 46 heavy (non-hydrogen) atoms. The minimum atomic E-state index is -1.38. The zero-order chi connectivity index (χ0) is 33.2. The summed E-state index contributed by atoms with van der Waals surface area (Å²) < 4.78 is 12.8. The molecule has 4 heterocycles. The molecule has 250 valence electrons. The lowest BCUT2D eigenvalue weighted by Crippen LogP contribution is -2.60. The topological polar surface area (TPSA) is 125 Å². The van der Waals surface area contributed by atoms with Crippen LogP contribution in [0.1, 0.15) is 78.4 Å². The SMILES string of the molecule is CCCC(C)N1C/C=C\CCC(=O)N[C@@H](C)[C@H](c2ccccc2)OC(=O)[C@@H]2[C@H]3C(=O)N([C@@H](CO)[C@@H](C)CC)[C@H](C1=O)[C@]31C=C[C@H]2O1. The Balaban J connectivity index is 1.63. The van der Waals surface area contributed by atoms with E-state index in [2.05, 4.69) is 12.2 Å². The van der Waals surface area contributed by atoms with Gasteiger partial charge in [-0.1, -0.05) is 88.2 Å². The average molecular weight is 636 g/mol. The van der Waals surface area contributed by atoms with Crippen molar-refractivity contribution in [1.82, 2.24) is 15.1 Å². The lowest BCUT2D eigenvalue weighted by atomic mass is 9.74. The van der Waals surface area contributed by atoms with Crippen molar-refractivity contribution in [1.29, 1.82) is 0 Å². The van der Waals surface area contributed by atoms with Gasteiger partial charge in [-0.05, 0) is 38.2 Å². The van der Waals surface area contributed by atoms with Gasteiger partial charge in [0.05, 0.1) is 30.7 Å². The minimum Gasteiger partial charge on any atom is -0.455 e. The maximum absolute atomic E-state index is 14.9. The van der Waals surface area contributed by atoms with E-state index in [4.69, 9.17) is 9.47 Å². The van der Waals surface area contributed by atoms with Gasteiger partial charge >= 0.3 is 5.97 Å². The number of likely N-dealkylation sites (tertiary alicyclic amines) is 1. The van der Waals surface area contributed by atoms with Gasteiger partial charge in [-0.25, -0.2) is 0 Å². The highest BCUT2D eigenvalue weighted by Crippen LogP contribution is 2.56. The molecular weight excluding hydrogens is 586 g/mol. The summed E-state index contributed by atoms with van der Waals surface area (Å²) in [5, 5.41) is 13.7. The first kappa shape index (κ1) is 33.9. The maximum atomic E-state index is 14.9. The molecule has 1 unspecified atom stereocenters. The number of aliphatic hydroxyl groups excluding tert-OH is 1. The molecule has 5 rings (SSSR count). The number of amides is 3. The molecule has 5 bridgehead atoms. The number of aliphatic hydroxyl groups is 1. The number of nitrogens with zero attached hydrogens (tertiary/aromatic N) is 2. The second-order valence-electron chi connectivity index (χ2n) is 13.3. The molecule has 1 aromatic rings. The van der Waals surface area contributed by atoms with Gasteiger partial charge in [0, 0.05) is 19.0 Å². The number of esters is 1. The lowest BCUT2D eigenvalue weighted by Gasteiger charge is -2.41. The number of fused-ring (bicyclic) bond motifs is 2. The Morgan fingerprint density at radius 2 is 1.80 bits per heavy atom. The molecule has 10 atom stereocenters. The summed E-state index contributed by atoms with van der Waals surface area (Å²) in [6.45, 7) is 9.76. The quantitative estimate of drug-likeness (QED) is 0.330. The number of hydrogen-bond donors (Lipinski definition) is 2. The third-order valence-corrected chi connectivity index (χ3v) is 10.4. The highest BCUT2D eigenvalue weighted by atomic mass is 16.6. The molecule has 0 radical (unpaired) electrons. The van der Waals surface area contributed by atoms with Crippen LogP contribution in [-0.2, 0) is 28.7 Å². The number of rotatable bonds is 8. The van der Waals surface area contributed by atoms with Crippen LogP contribution in [0, 0.1) is 17.8 Å². The second-order valence-corrected chi connectivity index (χ2v) is 13.3. The molecular formula is C36H49N3O7. The Labute approximate surface area is 272 Å². The van der Waals surface area contributed by atoms with Gasteiger partial charge in [-0.2, -0.15) is 0 Å². The standard InChI is InChI=1S/C36H49N3O7/c1-6-14-23(4)38-20-13-9-12-17-28(41)37-24(5)31(25-15-10-8-11-16-25)45-35(44)29-27-18-19-36(46-27)30(29)33(42)39(32(36)34(38)43)26(21-40)22(3)7-2/h8-11,13,15-16,18-19,22-24,26-27,29-32,40H,6-7,12,14,17,20-21H2,1-5H3,(H,37,41)/b13-9-/t22-,23?,24-,26-,27+,29-,30-,31+,32+,36-/m0/s1. The third-order valence-electron chi connectivity index (χ3n) is 10.4. The van der Waals surface area contributed by atoms with Crippen molar-refractivity contribution in [3.63, 3.8) is 0 Å². The van der Waals surface area contributed by atoms with E-state index in [1.807, 2.05) is 63.3 Å². The number of benzene rings is 1. The van der Waals surface area contributed by atoms with Gasteiger partial charge in [0.15, 0.2) is 0 Å². The van der Waals surface area contributed by atoms with Crippen LogP contribution in [0.3, 0.4) is 0 Å². The van der Waals surface area contributed by atoms with Crippen molar-refractivity contribution in [3.05, 3.63) is 60.2 Å². The number of allylic oxidation sites excluding steroid dienone is 1. The van der Waals surface area contributed by atoms with Gasteiger partial charge in [0.25, 0.3) is 0 Å². The summed E-state index contributed by atoms with van der Waals surface area (Å²) >= 11 is 0. The Bertz CT molecular complexity index is 1350. The molecule has 2 N–H and O–H groups in total. The van der Waals surface area contributed by atoms with Crippen molar-refractivity contribution >= 4 is 23.7 Å². The summed E-state index contributed by atoms with van der Waals surface area (Å²) in [6, 6.07) is 6.81. The van der Waals surface area contributed by atoms with Gasteiger partial charge in [-0.15, -0.1) is 0 Å². The Hall–Kier alpha value is -3.50. The Morgan fingerprint density at radius 3 is 2.48 bits per heavy atom. The monoisotopic (exact) mass is 635 g/mol. The summed E-state index contributed by atoms with van der Waals surface area (Å²) in [4.78, 5) is 60.0. The predicted octanol–water partition coefficient (Wildman–Crippen LogP) is 3.70. The van der Waals surface area contributed by atoms with Crippen molar-refractivity contribution in [2.45, 2.75) is 109 Å². The molecule has 3 amide bonds. The number of cyclic esters (lactones) is 1. The molecule has 0 aromatic heterocycles. The van der Waals surface area contributed by atoms with E-state index in [1.54, 1.807) is 24.0 Å². The molecule has 10 nitrogen and oxygen atoms in total. The first-order valence-corrected chi connectivity index (χ1v) is 16.9. The highest BCUT2D eigenvalue weighted by molar-refractivity contribution is 5.99. The minimum absolute atomic E-state index is 0.114. The Kier molecular flexibility index (Phi) is 10.4. The van der Waals surface area contributed by atoms with Gasteiger partial charge in [-0.3, -0.25) is 19.2 Å². The molecule has 1 aromatic carbocycles. The molecule has 1 spiro atoms. The first-order chi connectivity index (χ1) is 22.1. The van der Waals surface area contributed by atoms with Crippen molar-refractivity contribution in [2.24, 2.45) is 17.8 Å². The number of nitrogens with one attached hydrogen (secondary N) is 1. The van der Waals surface area contributed by atoms with E-state index in [9.17, 15) is 24.3 Å². The second kappa shape index (κ2) is 14.1. The summed E-state index contributed by atoms with van der Waals surface area (Å²) in [6.07, 6.45) is 8.79. The summed E-state index contributed by atoms with van der Waals surface area (Å²) in [5.41, 5.74) is -0.672. The van der Waals surface area contributed by atoms with Crippen LogP contribution in [0.5, 0.6) is 0 Å². The van der Waals surface area contributed by atoms with Crippen LogP contribution in [0.15, 0.2) is 54.6 Å². The fourth-order valence-corrected chi connectivity index (χ4v) is 7.77. The average Bonchev–Trinajstić information content (AvgIpc) is 3.69. The van der Waals surface area contributed by atoms with Crippen LogP contribution in [0.25, 0.3) is 0 Å². The summed E-state index contributed by atoms with van der Waals surface area (Å²) in [7, 11) is 0. The molecule has 2 saturated heterocycles. The van der Waals surface area contributed by atoms with Crippen LogP contribution in [-0.4, -0.2) is 87.6 Å². The predicted molar refractivity (Wildman–Crippen MR) is 172 cm³/mol. The molecule has 2 fully saturated rings. The van der Waals surface area contributed by atoms with E-state index in [0.29, 0.717) is 24.9 Å². The van der Waals surface area contributed by atoms with Crippen molar-refractivity contribution in [3.8, 4) is 0 Å². The normalized spacial score (nSPS) is 34.2. The number of carbonyl (C=O) groups excluding carboxylic acids is 4. The molecule has 0 aliphatic carbocycles. The zero-order valence-electron chi connectivity index (χ0n) is 27.6. The number of hydrogen-bond acceptors (Lipinski definition) is 7. The lowest BCUT2D eigenvalue weighted by molar-refractivity contribution is -0.162. The highest BCUT2D eigenvalue weighted by Gasteiger charge is 2.74. The van der Waals surface area contributed by atoms with E-state index >= 15 is 0 Å². The van der Waals surface area contributed by atoms with Crippen LogP contribution in [0.4, 0.5) is 0 Å². The largest absolute Gasteiger partial charge is 0.455 e. The van der Waals surface area contributed by atoms with Crippen LogP contribution >= 0.6 is 0 Å². The number of carbonyl (C=O) groups is 4. The number of ether oxygens (including phenoxy) is 2. The van der Waals surface area contributed by atoms with Crippen LogP contribution in [0.2, 0.25) is 0 Å². The van der Waals surface area contributed by atoms with E-state index in [0.717, 1.165) is 12.8 Å². The van der Waals surface area contributed by atoms with Crippen LogP contribution < -0.4 is 5.32 Å². The van der Waals surface area contributed by atoms with E-state index < -0.39 is 53.7 Å². The smallest absolute Gasteiger partial charge is 0.313 e. The fourth-order valence-electron chi connectivity index (χ4n) is 7.77. The van der Waals surface area contributed by atoms with Gasteiger partial charge in [0.2, 0.25) is 17.7 Å². The molecule has 0 saturated carbocycles. The maximum Gasteiger partial charge on any atom is 0.313 e. The third kappa shape index (κ3) is 6.01. The molecule has 4 aliphatic rings. The van der Waals surface area contributed by atoms with Crippen molar-refractivity contribution < 1.29 is 33.8 Å². The van der Waals surface area contributed by atoms with Gasteiger partial charge < -0.3 is 29.7 Å². The molecule has 4 aliphatic heterocycles. The first-order valence-electron chi connectivity index (χ1n) is 16.9. The Morgan fingerprint density at radius 1 is 1.07 bits per heavy atom.